The number of fused-ring (bicyclic) bond motifs is 1. The van der Waals surface area contributed by atoms with Gasteiger partial charge >= 0.3 is 0 Å². The van der Waals surface area contributed by atoms with E-state index in [4.69, 9.17) is 4.74 Å². The van der Waals surface area contributed by atoms with Crippen molar-refractivity contribution >= 4 is 16.7 Å². The number of nitrogens with zero attached hydrogens (tertiary/aromatic N) is 5. The number of phenolic OH excluding ortho intramolecular Hbond substituents is 1. The zero-order valence-corrected chi connectivity index (χ0v) is 16.5. The molecule has 8 heteroatoms. The molecule has 3 heterocycles. The second-order valence-electron chi connectivity index (χ2n) is 7.26. The molecule has 0 bridgehead atoms. The van der Waals surface area contributed by atoms with Crippen LogP contribution in [0.25, 0.3) is 27.8 Å². The van der Waals surface area contributed by atoms with E-state index in [1.807, 2.05) is 35.9 Å². The van der Waals surface area contributed by atoms with Gasteiger partial charge in [-0.25, -0.2) is 4.68 Å². The standard InChI is InChI=1S/C22H21N5O3/c1-25-21(26-9-11-30-12-10-26)13-20(29)16-6-4-5-15(22(16)25)17-14-27(24-23-17)18-7-2-3-8-19(18)28/h2-8,13-14,28H,9-12H2,1H3. The van der Waals surface area contributed by atoms with Crippen molar-refractivity contribution in [2.45, 2.75) is 0 Å². The molecule has 0 aliphatic carbocycles. The van der Waals surface area contributed by atoms with Gasteiger partial charge in [-0.2, -0.15) is 0 Å². The minimum absolute atomic E-state index is 0.0282. The molecule has 2 aromatic heterocycles. The van der Waals surface area contributed by atoms with Crippen molar-refractivity contribution in [2.24, 2.45) is 7.05 Å². The SMILES string of the molecule is Cn1c(N2CCOCC2)cc(=O)c2cccc(-c3cn(-c4ccccc4O)nn3)c21. The summed E-state index contributed by atoms with van der Waals surface area (Å²) < 4.78 is 9.03. The van der Waals surface area contributed by atoms with Crippen LogP contribution in [0.1, 0.15) is 0 Å². The molecule has 1 fully saturated rings. The number of anilines is 1. The highest BCUT2D eigenvalue weighted by Gasteiger charge is 2.19. The van der Waals surface area contributed by atoms with Gasteiger partial charge < -0.3 is 19.3 Å². The normalized spacial score (nSPS) is 14.4. The number of aromatic hydroxyl groups is 1. The van der Waals surface area contributed by atoms with Crippen LogP contribution in [-0.4, -0.2) is 51.0 Å². The molecule has 1 aliphatic rings. The molecule has 8 nitrogen and oxygen atoms in total. The van der Waals surface area contributed by atoms with Crippen LogP contribution < -0.4 is 10.3 Å². The van der Waals surface area contributed by atoms with E-state index in [2.05, 4.69) is 15.2 Å². The van der Waals surface area contributed by atoms with Gasteiger partial charge in [0.25, 0.3) is 0 Å². The lowest BCUT2D eigenvalue weighted by molar-refractivity contribution is 0.122. The monoisotopic (exact) mass is 403 g/mol. The molecule has 0 spiro atoms. The topological polar surface area (TPSA) is 85.4 Å². The van der Waals surface area contributed by atoms with E-state index >= 15 is 0 Å². The van der Waals surface area contributed by atoms with Crippen molar-refractivity contribution in [1.29, 1.82) is 0 Å². The first-order valence-corrected chi connectivity index (χ1v) is 9.80. The number of aromatic nitrogens is 4. The quantitative estimate of drug-likeness (QED) is 0.565. The Bertz CT molecular complexity index is 1290. The Labute approximate surface area is 172 Å². The minimum Gasteiger partial charge on any atom is -0.506 e. The van der Waals surface area contributed by atoms with Crippen molar-refractivity contribution in [2.75, 3.05) is 31.2 Å². The first-order chi connectivity index (χ1) is 14.6. The summed E-state index contributed by atoms with van der Waals surface area (Å²) in [5, 5.41) is 19.3. The Kier molecular flexibility index (Phi) is 4.48. The van der Waals surface area contributed by atoms with E-state index in [0.717, 1.165) is 30.0 Å². The number of hydrogen-bond acceptors (Lipinski definition) is 6. The third-order valence-corrected chi connectivity index (χ3v) is 5.47. The summed E-state index contributed by atoms with van der Waals surface area (Å²) in [6.07, 6.45) is 1.76. The molecule has 0 atom stereocenters. The number of ether oxygens (including phenoxy) is 1. The number of phenols is 1. The van der Waals surface area contributed by atoms with Gasteiger partial charge in [-0.1, -0.05) is 29.5 Å². The predicted octanol–water partition coefficient (Wildman–Crippen LogP) is 2.33. The van der Waals surface area contributed by atoms with Crippen molar-refractivity contribution in [3.8, 4) is 22.7 Å². The van der Waals surface area contributed by atoms with Crippen LogP contribution in [0.15, 0.2) is 59.5 Å². The lowest BCUT2D eigenvalue weighted by Crippen LogP contribution is -2.38. The molecule has 2 aromatic carbocycles. The highest BCUT2D eigenvalue weighted by atomic mass is 16.5. The fourth-order valence-electron chi connectivity index (χ4n) is 3.98. The van der Waals surface area contributed by atoms with Gasteiger partial charge in [-0.05, 0) is 18.2 Å². The Morgan fingerprint density at radius 3 is 2.67 bits per heavy atom. The first kappa shape index (κ1) is 18.4. The van der Waals surface area contributed by atoms with E-state index in [9.17, 15) is 9.90 Å². The number of para-hydroxylation sites is 3. The number of aryl methyl sites for hydroxylation is 1. The summed E-state index contributed by atoms with van der Waals surface area (Å²) in [6.45, 7) is 2.76. The fraction of sp³-hybridized carbons (Fsp3) is 0.227. The second kappa shape index (κ2) is 7.31. The molecule has 30 heavy (non-hydrogen) atoms. The Morgan fingerprint density at radius 1 is 1.07 bits per heavy atom. The predicted molar refractivity (Wildman–Crippen MR) is 114 cm³/mol. The average Bonchev–Trinajstić information content (AvgIpc) is 3.26. The van der Waals surface area contributed by atoms with Gasteiger partial charge in [0.05, 0.1) is 24.9 Å². The largest absolute Gasteiger partial charge is 0.506 e. The molecular formula is C22H21N5O3. The number of morpholine rings is 1. The lowest BCUT2D eigenvalue weighted by Gasteiger charge is -2.31. The maximum atomic E-state index is 12.9. The van der Waals surface area contributed by atoms with E-state index in [1.165, 1.54) is 4.68 Å². The summed E-state index contributed by atoms with van der Waals surface area (Å²) >= 11 is 0. The number of rotatable bonds is 3. The molecular weight excluding hydrogens is 382 g/mol. The Balaban J connectivity index is 1.68. The van der Waals surface area contributed by atoms with Crippen LogP contribution in [0.2, 0.25) is 0 Å². The van der Waals surface area contributed by atoms with Gasteiger partial charge in [0.1, 0.15) is 22.9 Å². The molecule has 0 saturated carbocycles. The molecule has 152 valence electrons. The zero-order valence-electron chi connectivity index (χ0n) is 16.5. The summed E-state index contributed by atoms with van der Waals surface area (Å²) in [6, 6.07) is 14.3. The van der Waals surface area contributed by atoms with E-state index in [1.54, 1.807) is 30.5 Å². The van der Waals surface area contributed by atoms with Crippen LogP contribution in [0.4, 0.5) is 5.82 Å². The number of benzene rings is 2. The third kappa shape index (κ3) is 3.02. The highest BCUT2D eigenvalue weighted by Crippen LogP contribution is 2.29. The number of pyridine rings is 1. The first-order valence-electron chi connectivity index (χ1n) is 9.80. The van der Waals surface area contributed by atoms with Crippen LogP contribution in [0, 0.1) is 0 Å². The zero-order chi connectivity index (χ0) is 20.7. The molecule has 4 aromatic rings. The number of hydrogen-bond donors (Lipinski definition) is 1. The Morgan fingerprint density at radius 2 is 1.87 bits per heavy atom. The van der Waals surface area contributed by atoms with Gasteiger partial charge in [0, 0.05) is 37.2 Å². The molecule has 0 unspecified atom stereocenters. The molecule has 1 aliphatic heterocycles. The maximum absolute atomic E-state index is 12.9. The van der Waals surface area contributed by atoms with Gasteiger partial charge in [0.15, 0.2) is 5.43 Å². The van der Waals surface area contributed by atoms with E-state index < -0.39 is 0 Å². The summed E-state index contributed by atoms with van der Waals surface area (Å²) in [5.74, 6) is 0.977. The van der Waals surface area contributed by atoms with Crippen LogP contribution in [0.3, 0.4) is 0 Å². The van der Waals surface area contributed by atoms with Gasteiger partial charge in [-0.15, -0.1) is 5.10 Å². The van der Waals surface area contributed by atoms with Crippen LogP contribution >= 0.6 is 0 Å². The lowest BCUT2D eigenvalue weighted by atomic mass is 10.1. The smallest absolute Gasteiger partial charge is 0.191 e. The molecule has 1 saturated heterocycles. The Hall–Kier alpha value is -3.65. The van der Waals surface area contributed by atoms with Crippen molar-refractivity contribution in [1.82, 2.24) is 19.6 Å². The summed E-state index contributed by atoms with van der Waals surface area (Å²) in [5.41, 5.74) is 2.75. The van der Waals surface area contributed by atoms with Gasteiger partial charge in [0.2, 0.25) is 0 Å². The van der Waals surface area contributed by atoms with Crippen LogP contribution in [-0.2, 0) is 11.8 Å². The highest BCUT2D eigenvalue weighted by molar-refractivity contribution is 5.94. The molecule has 1 N–H and O–H groups in total. The van der Waals surface area contributed by atoms with E-state index in [-0.39, 0.29) is 11.2 Å². The van der Waals surface area contributed by atoms with Crippen molar-refractivity contribution in [3.05, 3.63) is 65.0 Å². The minimum atomic E-state index is -0.0282. The van der Waals surface area contributed by atoms with Crippen molar-refractivity contribution < 1.29 is 9.84 Å². The average molecular weight is 403 g/mol. The maximum Gasteiger partial charge on any atom is 0.191 e. The summed E-state index contributed by atoms with van der Waals surface area (Å²) in [7, 11) is 1.96. The molecule has 5 rings (SSSR count). The van der Waals surface area contributed by atoms with E-state index in [0.29, 0.717) is 30.0 Å². The molecule has 0 radical (unpaired) electrons. The second-order valence-corrected chi connectivity index (χ2v) is 7.26. The fourth-order valence-corrected chi connectivity index (χ4v) is 3.98. The van der Waals surface area contributed by atoms with Gasteiger partial charge in [-0.3, -0.25) is 4.79 Å². The molecule has 0 amide bonds. The summed E-state index contributed by atoms with van der Waals surface area (Å²) in [4.78, 5) is 15.1. The third-order valence-electron chi connectivity index (χ3n) is 5.47. The van der Waals surface area contributed by atoms with Crippen molar-refractivity contribution in [3.63, 3.8) is 0 Å². The van der Waals surface area contributed by atoms with Crippen LogP contribution in [0.5, 0.6) is 5.75 Å².